The highest BCUT2D eigenvalue weighted by Gasteiger charge is 2.35. The maximum Gasteiger partial charge on any atom is 0.213 e. The quantitative estimate of drug-likeness (QED) is 0.391. The molecule has 0 saturated carbocycles. The molecule has 1 fully saturated rings. The molecule has 0 unspecified atom stereocenters. The third-order valence-corrected chi connectivity index (χ3v) is 8.11. The highest BCUT2D eigenvalue weighted by molar-refractivity contribution is 7.91. The molecule has 13 heteroatoms. The maximum absolute atomic E-state index is 13.5. The van der Waals surface area contributed by atoms with Crippen molar-refractivity contribution in [2.24, 2.45) is 0 Å². The summed E-state index contributed by atoms with van der Waals surface area (Å²) < 4.78 is 45.2. The van der Waals surface area contributed by atoms with Crippen LogP contribution in [0, 0.1) is 0 Å². The van der Waals surface area contributed by atoms with E-state index in [1.165, 1.54) is 26.6 Å². The van der Waals surface area contributed by atoms with Crippen molar-refractivity contribution < 1.29 is 22.6 Å². The van der Waals surface area contributed by atoms with E-state index < -0.39 is 21.2 Å². The number of ether oxygens (including phenoxy) is 3. The molecule has 0 radical (unpaired) electrons. The van der Waals surface area contributed by atoms with Gasteiger partial charge in [0, 0.05) is 32.2 Å². The van der Waals surface area contributed by atoms with Crippen LogP contribution in [-0.2, 0) is 31.6 Å². The number of methoxy groups -OCH3 is 2. The van der Waals surface area contributed by atoms with Crippen LogP contribution in [-0.4, -0.2) is 70.3 Å². The van der Waals surface area contributed by atoms with Crippen LogP contribution < -0.4 is 4.74 Å². The lowest BCUT2D eigenvalue weighted by molar-refractivity contribution is 0.0944. The first-order valence-corrected chi connectivity index (χ1v) is 13.2. The molecule has 35 heavy (non-hydrogen) atoms. The van der Waals surface area contributed by atoms with Crippen LogP contribution >= 0.6 is 11.6 Å². The third kappa shape index (κ3) is 5.77. The molecular formula is C22H27ClN6O5S. The molecule has 0 bridgehead atoms. The zero-order valence-electron chi connectivity index (χ0n) is 19.7. The van der Waals surface area contributed by atoms with Crippen molar-refractivity contribution in [3.8, 4) is 17.4 Å². The number of sulfone groups is 1. The molecule has 1 aliphatic heterocycles. The number of halogens is 1. The predicted molar refractivity (Wildman–Crippen MR) is 128 cm³/mol. The van der Waals surface area contributed by atoms with Crippen molar-refractivity contribution in [3.63, 3.8) is 0 Å². The van der Waals surface area contributed by atoms with Crippen molar-refractivity contribution in [2.45, 2.75) is 49.5 Å². The second-order valence-electron chi connectivity index (χ2n) is 8.18. The largest absolute Gasteiger partial charge is 0.481 e. The minimum absolute atomic E-state index is 0.0663. The van der Waals surface area contributed by atoms with Crippen LogP contribution in [0.25, 0.3) is 11.5 Å². The minimum Gasteiger partial charge on any atom is -0.481 e. The summed E-state index contributed by atoms with van der Waals surface area (Å²) in [6, 6.07) is 5.29. The first kappa shape index (κ1) is 25.4. The summed E-state index contributed by atoms with van der Waals surface area (Å²) in [7, 11) is -0.823. The molecule has 4 rings (SSSR count). The topological polar surface area (TPSA) is 131 Å². The molecule has 3 aromatic heterocycles. The molecule has 0 N–H and O–H groups in total. The number of nitrogens with zero attached hydrogens (tertiary/aromatic N) is 6. The van der Waals surface area contributed by atoms with Crippen molar-refractivity contribution >= 4 is 21.4 Å². The van der Waals surface area contributed by atoms with E-state index in [4.69, 9.17) is 25.8 Å². The van der Waals surface area contributed by atoms with Crippen LogP contribution in [0.3, 0.4) is 0 Å². The number of rotatable bonds is 10. The highest BCUT2D eigenvalue weighted by Crippen LogP contribution is 2.28. The second-order valence-corrected chi connectivity index (χ2v) is 11.0. The highest BCUT2D eigenvalue weighted by atomic mass is 35.5. The second kappa shape index (κ2) is 10.9. The summed E-state index contributed by atoms with van der Waals surface area (Å²) >= 11 is 5.87. The smallest absolute Gasteiger partial charge is 0.213 e. The van der Waals surface area contributed by atoms with Gasteiger partial charge in [-0.15, -0.1) is 10.2 Å². The molecule has 1 aliphatic rings. The predicted octanol–water partition coefficient (Wildman–Crippen LogP) is 2.66. The molecule has 0 aliphatic carbocycles. The Labute approximate surface area is 208 Å². The van der Waals surface area contributed by atoms with E-state index >= 15 is 0 Å². The fourth-order valence-electron chi connectivity index (χ4n) is 3.94. The Hall–Kier alpha value is -2.67. The van der Waals surface area contributed by atoms with Gasteiger partial charge in [-0.25, -0.2) is 23.4 Å². The molecule has 188 valence electrons. The lowest BCUT2D eigenvalue weighted by Gasteiger charge is -2.22. The minimum atomic E-state index is -3.77. The number of pyridine rings is 1. The molecule has 11 nitrogen and oxygen atoms in total. The van der Waals surface area contributed by atoms with Crippen molar-refractivity contribution in [2.75, 3.05) is 20.8 Å². The number of aromatic nitrogens is 6. The molecule has 0 spiro atoms. The molecule has 4 heterocycles. The summed E-state index contributed by atoms with van der Waals surface area (Å²) in [4.78, 5) is 12.7. The maximum atomic E-state index is 13.5. The van der Waals surface area contributed by atoms with Crippen molar-refractivity contribution in [3.05, 3.63) is 47.3 Å². The monoisotopic (exact) mass is 522 g/mol. The van der Waals surface area contributed by atoms with E-state index in [0.717, 1.165) is 12.8 Å². The first-order chi connectivity index (χ1) is 16.8. The molecule has 3 aromatic rings. The number of hydrogen-bond acceptors (Lipinski definition) is 10. The molecule has 3 atom stereocenters. The summed E-state index contributed by atoms with van der Waals surface area (Å²) in [5.74, 6) is 1.03. The van der Waals surface area contributed by atoms with Crippen LogP contribution in [0.4, 0.5) is 0 Å². The van der Waals surface area contributed by atoms with Gasteiger partial charge in [0.1, 0.15) is 23.4 Å². The molecule has 0 aromatic carbocycles. The normalized spacial score (nSPS) is 17.9. The van der Waals surface area contributed by atoms with E-state index in [0.29, 0.717) is 41.4 Å². The Bertz CT molecular complexity index is 1250. The molecule has 0 amide bonds. The average Bonchev–Trinajstić information content (AvgIpc) is 3.51. The Morgan fingerprint density at radius 2 is 2.00 bits per heavy atom. The Kier molecular flexibility index (Phi) is 7.95. The fourth-order valence-corrected chi connectivity index (χ4v) is 5.49. The van der Waals surface area contributed by atoms with Gasteiger partial charge in [0.15, 0.2) is 21.5 Å². The van der Waals surface area contributed by atoms with Gasteiger partial charge < -0.3 is 18.8 Å². The zero-order valence-corrected chi connectivity index (χ0v) is 21.2. The van der Waals surface area contributed by atoms with Crippen LogP contribution in [0.2, 0.25) is 5.02 Å². The third-order valence-electron chi connectivity index (χ3n) is 5.87. The summed E-state index contributed by atoms with van der Waals surface area (Å²) in [5.41, 5.74) is 0.524. The van der Waals surface area contributed by atoms with E-state index in [-0.39, 0.29) is 17.7 Å². The van der Waals surface area contributed by atoms with E-state index in [2.05, 4.69) is 25.1 Å². The zero-order chi connectivity index (χ0) is 25.0. The van der Waals surface area contributed by atoms with Crippen molar-refractivity contribution in [1.29, 1.82) is 0 Å². The van der Waals surface area contributed by atoms with Gasteiger partial charge in [0.2, 0.25) is 5.88 Å². The van der Waals surface area contributed by atoms with E-state index in [9.17, 15) is 8.42 Å². The lowest BCUT2D eigenvalue weighted by Crippen LogP contribution is -2.30. The van der Waals surface area contributed by atoms with Gasteiger partial charge in [-0.1, -0.05) is 17.7 Å². The van der Waals surface area contributed by atoms with Gasteiger partial charge in [0.05, 0.1) is 30.0 Å². The lowest BCUT2D eigenvalue weighted by atomic mass is 10.2. The Morgan fingerprint density at radius 3 is 2.66 bits per heavy atom. The van der Waals surface area contributed by atoms with E-state index in [1.807, 2.05) is 0 Å². The first-order valence-electron chi connectivity index (χ1n) is 11.1. The van der Waals surface area contributed by atoms with Crippen LogP contribution in [0.15, 0.2) is 30.6 Å². The van der Waals surface area contributed by atoms with Gasteiger partial charge in [0.25, 0.3) is 0 Å². The van der Waals surface area contributed by atoms with Gasteiger partial charge >= 0.3 is 0 Å². The van der Waals surface area contributed by atoms with Gasteiger partial charge in [-0.3, -0.25) is 0 Å². The molecule has 1 saturated heterocycles. The summed E-state index contributed by atoms with van der Waals surface area (Å²) in [6.45, 7) is 2.64. The van der Waals surface area contributed by atoms with Crippen LogP contribution in [0.5, 0.6) is 5.88 Å². The van der Waals surface area contributed by atoms with Gasteiger partial charge in [-0.2, -0.15) is 0 Å². The van der Waals surface area contributed by atoms with E-state index in [1.54, 1.807) is 29.7 Å². The molecular weight excluding hydrogens is 496 g/mol. The average molecular weight is 523 g/mol. The summed E-state index contributed by atoms with van der Waals surface area (Å²) in [6.07, 6.45) is 3.67. The van der Waals surface area contributed by atoms with Crippen molar-refractivity contribution in [1.82, 2.24) is 29.7 Å². The standard InChI is InChI=1S/C22H27ClN6O5S/c1-14(20(33-3)21-24-10-15(23)11-25-21)35(30,31)13-18-27-28-22(17-7-4-8-19(26-17)32-2)29(18)12-16-6-5-9-34-16/h4,7-8,10-11,14,16,20H,5-6,9,12-13H2,1-3H3/t14-,16+,20-/m0/s1. The summed E-state index contributed by atoms with van der Waals surface area (Å²) in [5, 5.41) is 7.91. The fraction of sp³-hybridized carbons (Fsp3) is 0.500. The Morgan fingerprint density at radius 1 is 1.23 bits per heavy atom. The van der Waals surface area contributed by atoms with Gasteiger partial charge in [-0.05, 0) is 25.8 Å². The number of hydrogen-bond donors (Lipinski definition) is 0. The van der Waals surface area contributed by atoms with Crippen LogP contribution in [0.1, 0.15) is 37.5 Å². The SMILES string of the molecule is COc1cccc(-c2nnc(CS(=O)(=O)[C@@H](C)[C@H](OC)c3ncc(Cl)cn3)n2C[C@H]2CCCO2)n1. The Balaban J connectivity index is 1.66.